The van der Waals surface area contributed by atoms with E-state index in [1.807, 2.05) is 36.4 Å². The van der Waals surface area contributed by atoms with E-state index in [1.165, 1.54) is 5.56 Å². The van der Waals surface area contributed by atoms with E-state index in [0.29, 0.717) is 21.8 Å². The summed E-state index contributed by atoms with van der Waals surface area (Å²) in [7, 11) is 0. The molecule has 30 heavy (non-hydrogen) atoms. The lowest BCUT2D eigenvalue weighted by Gasteiger charge is -2.23. The van der Waals surface area contributed by atoms with Crippen LogP contribution in [0.5, 0.6) is 0 Å². The highest BCUT2D eigenvalue weighted by Gasteiger charge is 2.08. The molecule has 1 N–H and O–H groups in total. The summed E-state index contributed by atoms with van der Waals surface area (Å²) in [4.78, 5) is 21.8. The van der Waals surface area contributed by atoms with Crippen LogP contribution in [0.1, 0.15) is 23.9 Å². The highest BCUT2D eigenvalue weighted by Crippen LogP contribution is 2.23. The third-order valence-electron chi connectivity index (χ3n) is 4.99. The minimum absolute atomic E-state index is 0.197. The van der Waals surface area contributed by atoms with Crippen LogP contribution in [0, 0.1) is 0 Å². The molecule has 4 rings (SSSR count). The van der Waals surface area contributed by atoms with Crippen LogP contribution in [0.25, 0.3) is 22.0 Å². The number of H-pyrrole nitrogens is 1. The van der Waals surface area contributed by atoms with Crippen LogP contribution < -0.4 is 10.5 Å². The Hall–Kier alpha value is -3.37. The fourth-order valence-electron chi connectivity index (χ4n) is 3.39. The quantitative estimate of drug-likeness (QED) is 0.440. The van der Waals surface area contributed by atoms with Crippen molar-refractivity contribution in [2.45, 2.75) is 13.5 Å². The van der Waals surface area contributed by atoms with Crippen LogP contribution in [0.3, 0.4) is 0 Å². The number of aromatic amines is 1. The van der Waals surface area contributed by atoms with Crippen molar-refractivity contribution >= 4 is 39.3 Å². The Morgan fingerprint density at radius 1 is 1.00 bits per heavy atom. The predicted octanol–water partition coefficient (Wildman–Crippen LogP) is 5.69. The number of halogens is 1. The Kier molecular flexibility index (Phi) is 5.96. The molecule has 0 radical (unpaired) electrons. The molecule has 3 aromatic carbocycles. The minimum Gasteiger partial charge on any atom is -0.367 e. The van der Waals surface area contributed by atoms with Gasteiger partial charge in [-0.1, -0.05) is 66.2 Å². The molecule has 0 saturated carbocycles. The zero-order valence-electron chi connectivity index (χ0n) is 16.7. The van der Waals surface area contributed by atoms with Crippen LogP contribution in [0.4, 0.5) is 5.69 Å². The summed E-state index contributed by atoms with van der Waals surface area (Å²) in [6.45, 7) is 3.91. The number of nitrogens with one attached hydrogen (secondary N) is 1. The van der Waals surface area contributed by atoms with E-state index in [2.05, 4.69) is 58.2 Å². The summed E-state index contributed by atoms with van der Waals surface area (Å²) in [5.74, 6) is 0.365. The van der Waals surface area contributed by atoms with Crippen LogP contribution in [-0.4, -0.2) is 16.5 Å². The van der Waals surface area contributed by atoms with Gasteiger partial charge in [-0.2, -0.15) is 0 Å². The maximum Gasteiger partial charge on any atom is 0.259 e. The molecule has 4 aromatic rings. The number of hydrogen-bond donors (Lipinski definition) is 1. The van der Waals surface area contributed by atoms with E-state index < -0.39 is 0 Å². The molecule has 0 saturated heterocycles. The Balaban J connectivity index is 1.56. The molecular formula is C25H22ClN3O. The third-order valence-corrected chi connectivity index (χ3v) is 5.28. The molecule has 1 aromatic heterocycles. The molecule has 0 amide bonds. The first-order chi connectivity index (χ1) is 14.6. The molecule has 5 heteroatoms. The fourth-order valence-corrected chi connectivity index (χ4v) is 3.60. The lowest BCUT2D eigenvalue weighted by molar-refractivity contribution is 0.832. The Bertz CT molecular complexity index is 1230. The fraction of sp³-hybridized carbons (Fsp3) is 0.120. The van der Waals surface area contributed by atoms with Crippen LogP contribution >= 0.6 is 11.6 Å². The van der Waals surface area contributed by atoms with Crippen molar-refractivity contribution in [3.05, 3.63) is 106 Å². The topological polar surface area (TPSA) is 49.0 Å². The summed E-state index contributed by atoms with van der Waals surface area (Å²) in [6, 6.07) is 25.8. The highest BCUT2D eigenvalue weighted by molar-refractivity contribution is 6.50. The van der Waals surface area contributed by atoms with Gasteiger partial charge < -0.3 is 9.88 Å². The van der Waals surface area contributed by atoms with Gasteiger partial charge in [0.05, 0.1) is 15.9 Å². The maximum atomic E-state index is 12.3. The lowest BCUT2D eigenvalue weighted by Crippen LogP contribution is -2.21. The van der Waals surface area contributed by atoms with Crippen molar-refractivity contribution in [3.8, 4) is 0 Å². The Labute approximate surface area is 180 Å². The van der Waals surface area contributed by atoms with Gasteiger partial charge in [0.1, 0.15) is 0 Å². The number of anilines is 1. The van der Waals surface area contributed by atoms with Crippen molar-refractivity contribution in [2.24, 2.45) is 0 Å². The smallest absolute Gasteiger partial charge is 0.259 e. The molecule has 0 atom stereocenters. The number of hydrogen-bond acceptors (Lipinski definition) is 3. The van der Waals surface area contributed by atoms with E-state index >= 15 is 0 Å². The second kappa shape index (κ2) is 8.97. The SMILES string of the molecule is CCN(Cc1ccccc1)c1ccc(C=C(Cl)c2nc3ccccc3c(=O)[nH]2)cc1. The van der Waals surface area contributed by atoms with Gasteiger partial charge in [-0.3, -0.25) is 4.79 Å². The summed E-state index contributed by atoms with van der Waals surface area (Å²) in [6.07, 6.45) is 1.81. The number of nitrogens with zero attached hydrogens (tertiary/aromatic N) is 2. The molecule has 0 aliphatic carbocycles. The first-order valence-corrected chi connectivity index (χ1v) is 10.3. The predicted molar refractivity (Wildman–Crippen MR) is 126 cm³/mol. The largest absolute Gasteiger partial charge is 0.367 e. The Morgan fingerprint density at radius 2 is 1.70 bits per heavy atom. The zero-order valence-corrected chi connectivity index (χ0v) is 17.4. The van der Waals surface area contributed by atoms with Crippen molar-refractivity contribution in [1.82, 2.24) is 9.97 Å². The number of rotatable bonds is 6. The summed E-state index contributed by atoms with van der Waals surface area (Å²) < 4.78 is 0. The molecule has 0 bridgehead atoms. The average Bonchev–Trinajstić information content (AvgIpc) is 2.79. The van der Waals surface area contributed by atoms with Gasteiger partial charge >= 0.3 is 0 Å². The van der Waals surface area contributed by atoms with Crippen LogP contribution in [-0.2, 0) is 6.54 Å². The van der Waals surface area contributed by atoms with Crippen molar-refractivity contribution in [1.29, 1.82) is 0 Å². The van der Waals surface area contributed by atoms with Gasteiger partial charge in [-0.05, 0) is 48.4 Å². The van der Waals surface area contributed by atoms with Crippen LogP contribution in [0.2, 0.25) is 0 Å². The number of benzene rings is 3. The zero-order chi connectivity index (χ0) is 20.9. The van der Waals surface area contributed by atoms with E-state index in [9.17, 15) is 4.79 Å². The number of aromatic nitrogens is 2. The third kappa shape index (κ3) is 4.44. The van der Waals surface area contributed by atoms with Gasteiger partial charge in [0.2, 0.25) is 0 Å². The van der Waals surface area contributed by atoms with Crippen molar-refractivity contribution in [2.75, 3.05) is 11.4 Å². The average molecular weight is 416 g/mol. The van der Waals surface area contributed by atoms with Crippen molar-refractivity contribution in [3.63, 3.8) is 0 Å². The molecule has 1 heterocycles. The molecule has 4 nitrogen and oxygen atoms in total. The van der Waals surface area contributed by atoms with Gasteiger partial charge in [0, 0.05) is 18.8 Å². The maximum absolute atomic E-state index is 12.3. The first-order valence-electron chi connectivity index (χ1n) is 9.89. The summed E-state index contributed by atoms with van der Waals surface area (Å²) in [5.41, 5.74) is 3.79. The molecule has 0 unspecified atom stereocenters. The molecular weight excluding hydrogens is 394 g/mol. The second-order valence-corrected chi connectivity index (χ2v) is 7.42. The molecule has 0 spiro atoms. The van der Waals surface area contributed by atoms with Gasteiger partial charge in [-0.25, -0.2) is 4.98 Å². The normalized spacial score (nSPS) is 11.6. The molecule has 0 aliphatic heterocycles. The first kappa shape index (κ1) is 19.9. The van der Waals surface area contributed by atoms with Crippen LogP contribution in [0.15, 0.2) is 83.7 Å². The van der Waals surface area contributed by atoms with E-state index in [1.54, 1.807) is 12.1 Å². The molecule has 150 valence electrons. The van der Waals surface area contributed by atoms with E-state index in [-0.39, 0.29) is 5.56 Å². The molecule has 0 fully saturated rings. The monoisotopic (exact) mass is 415 g/mol. The molecule has 0 aliphatic rings. The Morgan fingerprint density at radius 3 is 2.43 bits per heavy atom. The summed E-state index contributed by atoms with van der Waals surface area (Å²) in [5, 5.41) is 0.940. The lowest BCUT2D eigenvalue weighted by atomic mass is 10.1. The standard InChI is InChI=1S/C25H22ClN3O/c1-2-29(17-19-8-4-3-5-9-19)20-14-12-18(13-15-20)16-22(26)24-27-23-11-7-6-10-21(23)25(30)28-24/h3-16H,2,17H2,1H3,(H,27,28,30). The highest BCUT2D eigenvalue weighted by atomic mass is 35.5. The van der Waals surface area contributed by atoms with Gasteiger partial charge in [-0.15, -0.1) is 0 Å². The van der Waals surface area contributed by atoms with E-state index in [4.69, 9.17) is 11.6 Å². The number of fused-ring (bicyclic) bond motifs is 1. The minimum atomic E-state index is -0.197. The summed E-state index contributed by atoms with van der Waals surface area (Å²) >= 11 is 6.47. The van der Waals surface area contributed by atoms with E-state index in [0.717, 1.165) is 24.3 Å². The van der Waals surface area contributed by atoms with Gasteiger partial charge in [0.15, 0.2) is 5.82 Å². The number of para-hydroxylation sites is 1. The van der Waals surface area contributed by atoms with Gasteiger partial charge in [0.25, 0.3) is 5.56 Å². The van der Waals surface area contributed by atoms with Crippen molar-refractivity contribution < 1.29 is 0 Å². The second-order valence-electron chi connectivity index (χ2n) is 7.02.